The predicted molar refractivity (Wildman–Crippen MR) is 72.8 cm³/mol. The normalized spacial score (nSPS) is 12.4. The van der Waals surface area contributed by atoms with Gasteiger partial charge >= 0.3 is 0 Å². The highest BCUT2D eigenvalue weighted by Gasteiger charge is 2.11. The van der Waals surface area contributed by atoms with Crippen LogP contribution in [0.1, 0.15) is 31.3 Å². The molecule has 1 aromatic carbocycles. The molecule has 1 unspecified atom stereocenters. The first-order valence-corrected chi connectivity index (χ1v) is 6.69. The van der Waals surface area contributed by atoms with Crippen LogP contribution in [0.25, 0.3) is 0 Å². The van der Waals surface area contributed by atoms with E-state index < -0.39 is 0 Å². The van der Waals surface area contributed by atoms with Gasteiger partial charge in [-0.05, 0) is 18.6 Å². The SMILES string of the molecule is CCc1nsc(NC(C)c2ccccc2Cl)n1. The molecule has 90 valence electrons. The molecule has 0 aliphatic carbocycles. The lowest BCUT2D eigenvalue weighted by Crippen LogP contribution is -2.06. The fraction of sp³-hybridized carbons (Fsp3) is 0.333. The van der Waals surface area contributed by atoms with Crippen molar-refractivity contribution in [1.82, 2.24) is 9.36 Å². The van der Waals surface area contributed by atoms with Crippen LogP contribution >= 0.6 is 23.1 Å². The topological polar surface area (TPSA) is 37.8 Å². The van der Waals surface area contributed by atoms with Gasteiger partial charge in [-0.1, -0.05) is 36.7 Å². The maximum Gasteiger partial charge on any atom is 0.203 e. The third kappa shape index (κ3) is 2.96. The predicted octanol–water partition coefficient (Wildman–Crippen LogP) is 3.93. The average Bonchev–Trinajstić information content (AvgIpc) is 2.77. The van der Waals surface area contributed by atoms with E-state index in [1.54, 1.807) is 0 Å². The Kier molecular flexibility index (Phi) is 3.97. The first-order valence-electron chi connectivity index (χ1n) is 5.54. The second-order valence-corrected chi connectivity index (χ2v) is 4.92. The lowest BCUT2D eigenvalue weighted by Gasteiger charge is -2.14. The van der Waals surface area contributed by atoms with Crippen LogP contribution in [0.3, 0.4) is 0 Å². The van der Waals surface area contributed by atoms with Crippen molar-refractivity contribution in [1.29, 1.82) is 0 Å². The molecule has 0 bridgehead atoms. The Balaban J connectivity index is 2.11. The van der Waals surface area contributed by atoms with Gasteiger partial charge in [0.25, 0.3) is 0 Å². The van der Waals surface area contributed by atoms with Crippen molar-refractivity contribution in [3.05, 3.63) is 40.7 Å². The minimum atomic E-state index is 0.126. The van der Waals surface area contributed by atoms with Crippen molar-refractivity contribution in [2.24, 2.45) is 0 Å². The van der Waals surface area contributed by atoms with Crippen molar-refractivity contribution in [2.75, 3.05) is 5.32 Å². The zero-order valence-electron chi connectivity index (χ0n) is 9.77. The summed E-state index contributed by atoms with van der Waals surface area (Å²) in [6.45, 7) is 4.11. The van der Waals surface area contributed by atoms with Crippen molar-refractivity contribution in [3.63, 3.8) is 0 Å². The summed E-state index contributed by atoms with van der Waals surface area (Å²) in [5, 5.41) is 4.93. The Morgan fingerprint density at radius 3 is 2.82 bits per heavy atom. The molecule has 2 aromatic rings. The molecule has 0 fully saturated rings. The van der Waals surface area contributed by atoms with Gasteiger partial charge in [0.05, 0.1) is 6.04 Å². The third-order valence-electron chi connectivity index (χ3n) is 2.50. The van der Waals surface area contributed by atoms with Gasteiger partial charge < -0.3 is 5.32 Å². The summed E-state index contributed by atoms with van der Waals surface area (Å²) in [6.07, 6.45) is 0.860. The van der Waals surface area contributed by atoms with E-state index in [0.29, 0.717) is 0 Å². The lowest BCUT2D eigenvalue weighted by atomic mass is 10.1. The summed E-state index contributed by atoms with van der Waals surface area (Å²) in [4.78, 5) is 4.38. The Morgan fingerprint density at radius 2 is 2.18 bits per heavy atom. The Labute approximate surface area is 110 Å². The Bertz CT molecular complexity index is 498. The number of aryl methyl sites for hydroxylation is 1. The molecule has 2 rings (SSSR count). The van der Waals surface area contributed by atoms with Crippen LogP contribution in [-0.4, -0.2) is 9.36 Å². The summed E-state index contributed by atoms with van der Waals surface area (Å²) in [7, 11) is 0. The van der Waals surface area contributed by atoms with Gasteiger partial charge in [-0.25, -0.2) is 4.98 Å². The highest BCUT2D eigenvalue weighted by Crippen LogP contribution is 2.26. The molecule has 0 radical (unpaired) electrons. The number of hydrogen-bond donors (Lipinski definition) is 1. The second-order valence-electron chi connectivity index (χ2n) is 3.76. The minimum absolute atomic E-state index is 0.126. The number of anilines is 1. The summed E-state index contributed by atoms with van der Waals surface area (Å²) in [5.74, 6) is 0.879. The zero-order valence-corrected chi connectivity index (χ0v) is 11.3. The summed E-state index contributed by atoms with van der Waals surface area (Å²) < 4.78 is 4.24. The molecule has 1 atom stereocenters. The van der Waals surface area contributed by atoms with Crippen molar-refractivity contribution in [2.45, 2.75) is 26.3 Å². The molecule has 0 saturated heterocycles. The number of benzene rings is 1. The van der Waals surface area contributed by atoms with Crippen molar-refractivity contribution in [3.8, 4) is 0 Å². The highest BCUT2D eigenvalue weighted by molar-refractivity contribution is 7.09. The molecule has 0 aliphatic rings. The van der Waals surface area contributed by atoms with Crippen LogP contribution in [0.15, 0.2) is 24.3 Å². The monoisotopic (exact) mass is 267 g/mol. The molecular formula is C12H14ClN3S. The maximum atomic E-state index is 6.15. The fourth-order valence-corrected chi connectivity index (χ4v) is 2.58. The quantitative estimate of drug-likeness (QED) is 0.912. The summed E-state index contributed by atoms with van der Waals surface area (Å²) >= 11 is 7.53. The van der Waals surface area contributed by atoms with Crippen LogP contribution in [0.5, 0.6) is 0 Å². The van der Waals surface area contributed by atoms with E-state index in [-0.39, 0.29) is 6.04 Å². The molecule has 3 nitrogen and oxygen atoms in total. The van der Waals surface area contributed by atoms with E-state index in [2.05, 4.69) is 21.6 Å². The lowest BCUT2D eigenvalue weighted by molar-refractivity contribution is 0.876. The van der Waals surface area contributed by atoms with Gasteiger partial charge in [0.1, 0.15) is 5.82 Å². The fourth-order valence-electron chi connectivity index (χ4n) is 1.55. The van der Waals surface area contributed by atoms with Gasteiger partial charge in [0, 0.05) is 23.0 Å². The second kappa shape index (κ2) is 5.47. The first-order chi connectivity index (χ1) is 8.20. The van der Waals surface area contributed by atoms with E-state index in [1.807, 2.05) is 31.2 Å². The summed E-state index contributed by atoms with van der Waals surface area (Å²) in [6, 6.07) is 7.95. The summed E-state index contributed by atoms with van der Waals surface area (Å²) in [5.41, 5.74) is 1.07. The maximum absolute atomic E-state index is 6.15. The van der Waals surface area contributed by atoms with Gasteiger partial charge in [-0.2, -0.15) is 4.37 Å². The van der Waals surface area contributed by atoms with E-state index >= 15 is 0 Å². The number of nitrogens with zero attached hydrogens (tertiary/aromatic N) is 2. The van der Waals surface area contributed by atoms with Gasteiger partial charge in [-0.15, -0.1) is 0 Å². The minimum Gasteiger partial charge on any atom is -0.354 e. The molecule has 17 heavy (non-hydrogen) atoms. The molecule has 0 amide bonds. The van der Waals surface area contributed by atoms with Crippen LogP contribution in [0.2, 0.25) is 5.02 Å². The van der Waals surface area contributed by atoms with E-state index in [4.69, 9.17) is 11.6 Å². The van der Waals surface area contributed by atoms with Gasteiger partial charge in [-0.3, -0.25) is 0 Å². The number of aromatic nitrogens is 2. The third-order valence-corrected chi connectivity index (χ3v) is 3.52. The van der Waals surface area contributed by atoms with E-state index in [0.717, 1.165) is 28.0 Å². The molecule has 0 saturated carbocycles. The molecule has 0 aliphatic heterocycles. The Morgan fingerprint density at radius 1 is 1.41 bits per heavy atom. The molecule has 1 N–H and O–H groups in total. The smallest absolute Gasteiger partial charge is 0.203 e. The number of rotatable bonds is 4. The van der Waals surface area contributed by atoms with E-state index in [9.17, 15) is 0 Å². The van der Waals surface area contributed by atoms with Crippen LogP contribution < -0.4 is 5.32 Å². The Hall–Kier alpha value is -1.13. The van der Waals surface area contributed by atoms with Crippen LogP contribution in [0, 0.1) is 0 Å². The molecule has 1 heterocycles. The van der Waals surface area contributed by atoms with Crippen molar-refractivity contribution < 1.29 is 0 Å². The van der Waals surface area contributed by atoms with Gasteiger partial charge in [0.15, 0.2) is 0 Å². The molecule has 5 heteroatoms. The molecular weight excluding hydrogens is 254 g/mol. The standard InChI is InChI=1S/C12H14ClN3S/c1-3-11-15-12(17-16-11)14-8(2)9-6-4-5-7-10(9)13/h4-8H,3H2,1-2H3,(H,14,15,16). The van der Waals surface area contributed by atoms with Crippen molar-refractivity contribution >= 4 is 28.3 Å². The number of nitrogens with one attached hydrogen (secondary N) is 1. The van der Waals surface area contributed by atoms with Crippen LogP contribution in [-0.2, 0) is 6.42 Å². The molecule has 0 spiro atoms. The zero-order chi connectivity index (χ0) is 12.3. The highest BCUT2D eigenvalue weighted by atomic mass is 35.5. The van der Waals surface area contributed by atoms with E-state index in [1.165, 1.54) is 11.5 Å². The number of halogens is 1. The first kappa shape index (κ1) is 12.3. The average molecular weight is 268 g/mol. The van der Waals surface area contributed by atoms with Gasteiger partial charge in [0.2, 0.25) is 5.13 Å². The molecule has 1 aromatic heterocycles. The van der Waals surface area contributed by atoms with Crippen LogP contribution in [0.4, 0.5) is 5.13 Å². The largest absolute Gasteiger partial charge is 0.354 e. The number of hydrogen-bond acceptors (Lipinski definition) is 4.